The molecule has 0 aliphatic rings. The monoisotopic (exact) mass is 181 g/mol. The largest absolute Gasteiger partial charge is 0.346 e. The third kappa shape index (κ3) is 2.84. The molecule has 13 heavy (non-hydrogen) atoms. The second-order valence-corrected chi connectivity index (χ2v) is 3.49. The van der Waals surface area contributed by atoms with Gasteiger partial charge in [0.05, 0.1) is 0 Å². The minimum absolute atomic E-state index is 0.583. The van der Waals surface area contributed by atoms with E-state index in [1.54, 1.807) is 0 Å². The van der Waals surface area contributed by atoms with Crippen LogP contribution in [0.4, 0.5) is 0 Å². The number of H-pyrrole nitrogens is 1. The minimum atomic E-state index is 0.583. The number of hydrogen-bond donors (Lipinski definition) is 2. The molecule has 74 valence electrons. The third-order valence-corrected chi connectivity index (χ3v) is 2.41. The molecular formula is C10H19N3. The van der Waals surface area contributed by atoms with Crippen molar-refractivity contribution in [2.75, 3.05) is 6.54 Å². The number of nitrogens with two attached hydrogens (primary N) is 1. The number of hydrogen-bond acceptors (Lipinski definition) is 2. The predicted molar refractivity (Wildman–Crippen MR) is 54.7 cm³/mol. The van der Waals surface area contributed by atoms with Crippen LogP contribution < -0.4 is 5.73 Å². The normalized spacial score (nSPS) is 13.2. The maximum atomic E-state index is 5.43. The molecule has 1 rings (SSSR count). The van der Waals surface area contributed by atoms with Crippen LogP contribution in [0.2, 0.25) is 0 Å². The fraction of sp³-hybridized carbons (Fsp3) is 0.700. The Kier molecular flexibility index (Phi) is 3.96. The van der Waals surface area contributed by atoms with Crippen molar-refractivity contribution in [3.8, 4) is 0 Å². The Balaban J connectivity index is 2.53. The average Bonchev–Trinajstić information content (AvgIpc) is 2.62. The summed E-state index contributed by atoms with van der Waals surface area (Å²) in [5.41, 5.74) is 6.67. The minimum Gasteiger partial charge on any atom is -0.346 e. The maximum absolute atomic E-state index is 5.43. The van der Waals surface area contributed by atoms with Crippen LogP contribution in [0.5, 0.6) is 0 Å². The third-order valence-electron chi connectivity index (χ3n) is 2.41. The molecule has 0 radical (unpaired) electrons. The molecule has 1 heterocycles. The van der Waals surface area contributed by atoms with Crippen molar-refractivity contribution in [2.24, 2.45) is 5.73 Å². The summed E-state index contributed by atoms with van der Waals surface area (Å²) < 4.78 is 0. The van der Waals surface area contributed by atoms with E-state index in [1.807, 2.05) is 6.20 Å². The van der Waals surface area contributed by atoms with Crippen molar-refractivity contribution in [2.45, 2.75) is 39.0 Å². The van der Waals surface area contributed by atoms with Gasteiger partial charge >= 0.3 is 0 Å². The first-order chi connectivity index (χ1) is 6.27. The molecule has 3 N–H and O–H groups in total. The van der Waals surface area contributed by atoms with E-state index >= 15 is 0 Å². The van der Waals surface area contributed by atoms with E-state index in [4.69, 9.17) is 5.73 Å². The highest BCUT2D eigenvalue weighted by Gasteiger charge is 2.05. The van der Waals surface area contributed by atoms with E-state index in [0.29, 0.717) is 5.92 Å². The standard InChI is InChI=1S/C10H19N3/c1-3-8(2)9-7-12-10(13-9)5-4-6-11/h7-8H,3-6,11H2,1-2H3,(H,12,13). The molecule has 0 amide bonds. The van der Waals surface area contributed by atoms with E-state index in [2.05, 4.69) is 23.8 Å². The van der Waals surface area contributed by atoms with Crippen LogP contribution in [0.1, 0.15) is 44.1 Å². The molecule has 1 unspecified atom stereocenters. The van der Waals surface area contributed by atoms with Crippen molar-refractivity contribution in [1.82, 2.24) is 9.97 Å². The van der Waals surface area contributed by atoms with E-state index in [9.17, 15) is 0 Å². The molecule has 3 nitrogen and oxygen atoms in total. The van der Waals surface area contributed by atoms with E-state index in [-0.39, 0.29) is 0 Å². The zero-order valence-corrected chi connectivity index (χ0v) is 8.51. The van der Waals surface area contributed by atoms with Gasteiger partial charge in [0.2, 0.25) is 0 Å². The Hall–Kier alpha value is -0.830. The summed E-state index contributed by atoms with van der Waals surface area (Å²) in [6.07, 6.45) is 5.07. The van der Waals surface area contributed by atoms with Crippen molar-refractivity contribution in [3.05, 3.63) is 17.7 Å². The summed E-state index contributed by atoms with van der Waals surface area (Å²) in [7, 11) is 0. The quantitative estimate of drug-likeness (QED) is 0.728. The topological polar surface area (TPSA) is 54.7 Å². The molecule has 0 aliphatic carbocycles. The number of rotatable bonds is 5. The van der Waals surface area contributed by atoms with Gasteiger partial charge in [-0.15, -0.1) is 0 Å². The average molecular weight is 181 g/mol. The highest BCUT2D eigenvalue weighted by molar-refractivity contribution is 5.06. The van der Waals surface area contributed by atoms with Gasteiger partial charge in [-0.3, -0.25) is 0 Å². The van der Waals surface area contributed by atoms with Gasteiger partial charge in [0.25, 0.3) is 0 Å². The van der Waals surface area contributed by atoms with E-state index in [0.717, 1.165) is 31.6 Å². The van der Waals surface area contributed by atoms with Gasteiger partial charge in [0.1, 0.15) is 5.82 Å². The summed E-state index contributed by atoms with van der Waals surface area (Å²) in [5, 5.41) is 0. The van der Waals surface area contributed by atoms with Crippen LogP contribution in [0.25, 0.3) is 0 Å². The summed E-state index contributed by atoms with van der Waals surface area (Å²) in [6.45, 7) is 5.13. The van der Waals surface area contributed by atoms with Crippen molar-refractivity contribution >= 4 is 0 Å². The van der Waals surface area contributed by atoms with Crippen molar-refractivity contribution in [1.29, 1.82) is 0 Å². The Bertz CT molecular complexity index is 242. The number of imidazole rings is 1. The molecule has 0 fully saturated rings. The zero-order valence-electron chi connectivity index (χ0n) is 8.51. The van der Waals surface area contributed by atoms with Crippen LogP contribution in [-0.4, -0.2) is 16.5 Å². The molecule has 0 bridgehead atoms. The molecule has 1 aromatic heterocycles. The molecule has 0 spiro atoms. The van der Waals surface area contributed by atoms with Crippen LogP contribution in [0.15, 0.2) is 6.20 Å². The highest BCUT2D eigenvalue weighted by atomic mass is 14.9. The lowest BCUT2D eigenvalue weighted by molar-refractivity contribution is 0.706. The molecule has 3 heteroatoms. The Labute approximate surface area is 79.8 Å². The Morgan fingerprint density at radius 1 is 1.62 bits per heavy atom. The summed E-state index contributed by atoms with van der Waals surface area (Å²) >= 11 is 0. The van der Waals surface area contributed by atoms with Gasteiger partial charge in [-0.25, -0.2) is 4.98 Å². The predicted octanol–water partition coefficient (Wildman–Crippen LogP) is 1.81. The number of aromatic nitrogens is 2. The first-order valence-corrected chi connectivity index (χ1v) is 5.01. The summed E-state index contributed by atoms with van der Waals surface area (Å²) in [6, 6.07) is 0. The van der Waals surface area contributed by atoms with Gasteiger partial charge in [0.15, 0.2) is 0 Å². The fourth-order valence-corrected chi connectivity index (χ4v) is 1.25. The molecular weight excluding hydrogens is 162 g/mol. The Morgan fingerprint density at radius 2 is 2.38 bits per heavy atom. The number of aromatic amines is 1. The molecule has 0 aliphatic heterocycles. The summed E-state index contributed by atoms with van der Waals surface area (Å²) in [5.74, 6) is 1.65. The van der Waals surface area contributed by atoms with Gasteiger partial charge in [-0.2, -0.15) is 0 Å². The fourth-order valence-electron chi connectivity index (χ4n) is 1.25. The second-order valence-electron chi connectivity index (χ2n) is 3.49. The van der Waals surface area contributed by atoms with Crippen molar-refractivity contribution < 1.29 is 0 Å². The van der Waals surface area contributed by atoms with Gasteiger partial charge in [-0.1, -0.05) is 13.8 Å². The van der Waals surface area contributed by atoms with Crippen LogP contribution in [-0.2, 0) is 6.42 Å². The molecule has 0 saturated carbocycles. The Morgan fingerprint density at radius 3 is 3.00 bits per heavy atom. The highest BCUT2D eigenvalue weighted by Crippen LogP contribution is 2.16. The van der Waals surface area contributed by atoms with Gasteiger partial charge in [-0.05, 0) is 25.3 Å². The lowest BCUT2D eigenvalue weighted by Gasteiger charge is -2.03. The molecule has 1 atom stereocenters. The van der Waals surface area contributed by atoms with Crippen molar-refractivity contribution in [3.63, 3.8) is 0 Å². The summed E-state index contributed by atoms with van der Waals surface area (Å²) in [4.78, 5) is 7.64. The number of nitrogens with one attached hydrogen (secondary N) is 1. The van der Waals surface area contributed by atoms with Crippen LogP contribution >= 0.6 is 0 Å². The van der Waals surface area contributed by atoms with Gasteiger partial charge < -0.3 is 10.7 Å². The lowest BCUT2D eigenvalue weighted by atomic mass is 10.1. The van der Waals surface area contributed by atoms with Gasteiger partial charge in [0, 0.05) is 18.3 Å². The zero-order chi connectivity index (χ0) is 9.68. The first kappa shape index (κ1) is 10.3. The molecule has 0 saturated heterocycles. The van der Waals surface area contributed by atoms with E-state index < -0.39 is 0 Å². The van der Waals surface area contributed by atoms with Crippen LogP contribution in [0, 0.1) is 0 Å². The molecule has 1 aromatic rings. The smallest absolute Gasteiger partial charge is 0.106 e. The van der Waals surface area contributed by atoms with E-state index in [1.165, 1.54) is 5.69 Å². The number of aryl methyl sites for hydroxylation is 1. The number of nitrogens with zero attached hydrogens (tertiary/aromatic N) is 1. The first-order valence-electron chi connectivity index (χ1n) is 5.01. The lowest BCUT2D eigenvalue weighted by Crippen LogP contribution is -2.01. The maximum Gasteiger partial charge on any atom is 0.106 e. The SMILES string of the molecule is CCC(C)c1cnc(CCCN)[nH]1. The van der Waals surface area contributed by atoms with Crippen LogP contribution in [0.3, 0.4) is 0 Å². The second kappa shape index (κ2) is 5.02. The molecule has 0 aromatic carbocycles.